The molecule has 0 radical (unpaired) electrons. The molecular weight excluding hydrogens is 462 g/mol. The van der Waals surface area contributed by atoms with Crippen molar-refractivity contribution in [1.82, 2.24) is 9.78 Å². The van der Waals surface area contributed by atoms with Gasteiger partial charge in [-0.15, -0.1) is 6.58 Å². The third kappa shape index (κ3) is 5.61. The molecule has 1 aromatic heterocycles. The van der Waals surface area contributed by atoms with Gasteiger partial charge in [-0.3, -0.25) is 9.10 Å². The van der Waals surface area contributed by atoms with Gasteiger partial charge in [-0.2, -0.15) is 10.4 Å². The number of benzene rings is 2. The molecule has 0 aliphatic carbocycles. The zero-order chi connectivity index (χ0) is 24.0. The second-order valence-corrected chi connectivity index (χ2v) is 9.38. The quantitative estimate of drug-likeness (QED) is 0.454. The van der Waals surface area contributed by atoms with Crippen molar-refractivity contribution < 1.29 is 13.2 Å². The van der Waals surface area contributed by atoms with E-state index in [9.17, 15) is 13.2 Å². The zero-order valence-electron chi connectivity index (χ0n) is 17.9. The number of rotatable bonds is 9. The number of halogens is 1. The lowest BCUT2D eigenvalue weighted by Gasteiger charge is -2.23. The topological polar surface area (TPSA) is 108 Å². The molecule has 3 rings (SSSR count). The fourth-order valence-corrected chi connectivity index (χ4v) is 4.76. The maximum Gasteiger partial charge on any atom is 0.264 e. The molecule has 0 bridgehead atoms. The Bertz CT molecular complexity index is 1310. The van der Waals surface area contributed by atoms with Crippen LogP contribution in [0.25, 0.3) is 0 Å². The van der Waals surface area contributed by atoms with Crippen molar-refractivity contribution in [3.8, 4) is 6.07 Å². The largest absolute Gasteiger partial charge is 0.307 e. The number of carbonyl (C=O) groups excluding carboxylic acids is 1. The fraction of sp³-hybridized carbons (Fsp3) is 0.174. The van der Waals surface area contributed by atoms with E-state index in [0.29, 0.717) is 28.8 Å². The number of amides is 1. The van der Waals surface area contributed by atoms with E-state index in [1.54, 1.807) is 37.3 Å². The number of hydrogen-bond acceptors (Lipinski definition) is 5. The predicted molar refractivity (Wildman–Crippen MR) is 128 cm³/mol. The molecule has 0 unspecified atom stereocenters. The standard InChI is InChI=1S/C23H22ClN5O3S/c1-3-13-29(20-10-8-19(24)9-11-20)33(31,32)21-7-4-6-18(16-21)23(30)26-22-15-17(2)27-28(22)14-5-12-25/h3-4,6-11,15-16H,1,5,13-14H2,2H3,(H,26,30). The highest BCUT2D eigenvalue weighted by Gasteiger charge is 2.25. The van der Waals surface area contributed by atoms with E-state index in [4.69, 9.17) is 16.9 Å². The maximum atomic E-state index is 13.4. The third-order valence-electron chi connectivity index (χ3n) is 4.67. The Balaban J connectivity index is 1.90. The summed E-state index contributed by atoms with van der Waals surface area (Å²) in [4.78, 5) is 12.8. The molecule has 1 amide bonds. The number of nitriles is 1. The average Bonchev–Trinajstić information content (AvgIpc) is 3.15. The van der Waals surface area contributed by atoms with Gasteiger partial charge in [0.2, 0.25) is 0 Å². The Labute approximate surface area is 197 Å². The zero-order valence-corrected chi connectivity index (χ0v) is 19.5. The Kier molecular flexibility index (Phi) is 7.53. The van der Waals surface area contributed by atoms with Crippen molar-refractivity contribution >= 4 is 39.0 Å². The average molecular weight is 484 g/mol. The van der Waals surface area contributed by atoms with E-state index in [1.807, 2.05) is 6.07 Å². The van der Waals surface area contributed by atoms with Crippen molar-refractivity contribution in [1.29, 1.82) is 5.26 Å². The van der Waals surface area contributed by atoms with Gasteiger partial charge in [-0.25, -0.2) is 13.1 Å². The Morgan fingerprint density at radius 1 is 1.27 bits per heavy atom. The fourth-order valence-electron chi connectivity index (χ4n) is 3.15. The molecule has 0 fully saturated rings. The van der Waals surface area contributed by atoms with E-state index < -0.39 is 15.9 Å². The number of aromatic nitrogens is 2. The van der Waals surface area contributed by atoms with Crippen molar-refractivity contribution in [3.05, 3.63) is 83.5 Å². The number of sulfonamides is 1. The number of nitrogens with one attached hydrogen (secondary N) is 1. The highest BCUT2D eigenvalue weighted by molar-refractivity contribution is 7.92. The lowest BCUT2D eigenvalue weighted by molar-refractivity contribution is 0.102. The molecule has 0 atom stereocenters. The predicted octanol–water partition coefficient (Wildman–Crippen LogP) is 4.39. The molecule has 1 N–H and O–H groups in total. The number of aryl methyl sites for hydroxylation is 2. The molecule has 10 heteroatoms. The van der Waals surface area contributed by atoms with Crippen LogP contribution in [-0.4, -0.2) is 30.7 Å². The molecule has 1 heterocycles. The summed E-state index contributed by atoms with van der Waals surface area (Å²) >= 11 is 5.93. The molecular formula is C23H22ClN5O3S. The third-order valence-corrected chi connectivity index (χ3v) is 6.71. The SMILES string of the molecule is C=CCN(c1ccc(Cl)cc1)S(=O)(=O)c1cccc(C(=O)Nc2cc(C)nn2CCC#N)c1. The minimum Gasteiger partial charge on any atom is -0.307 e. The van der Waals surface area contributed by atoms with E-state index in [0.717, 1.165) is 0 Å². The molecule has 170 valence electrons. The molecule has 0 spiro atoms. The Hall–Kier alpha value is -3.61. The smallest absolute Gasteiger partial charge is 0.264 e. The second-order valence-electron chi connectivity index (χ2n) is 7.09. The number of hydrogen-bond donors (Lipinski definition) is 1. The summed E-state index contributed by atoms with van der Waals surface area (Å²) in [6.07, 6.45) is 1.72. The normalized spacial score (nSPS) is 10.9. The van der Waals surface area contributed by atoms with E-state index >= 15 is 0 Å². The minimum atomic E-state index is -3.99. The lowest BCUT2D eigenvalue weighted by Crippen LogP contribution is -2.31. The monoisotopic (exact) mass is 483 g/mol. The summed E-state index contributed by atoms with van der Waals surface area (Å²) < 4.78 is 29.5. The van der Waals surface area contributed by atoms with Crippen LogP contribution >= 0.6 is 11.6 Å². The van der Waals surface area contributed by atoms with Crippen molar-refractivity contribution in [3.63, 3.8) is 0 Å². The second kappa shape index (κ2) is 10.3. The first-order chi connectivity index (χ1) is 15.8. The van der Waals surface area contributed by atoms with Crippen LogP contribution in [0.5, 0.6) is 0 Å². The summed E-state index contributed by atoms with van der Waals surface area (Å²) in [5.41, 5.74) is 1.27. The molecule has 3 aromatic rings. The first-order valence-corrected chi connectivity index (χ1v) is 11.8. The van der Waals surface area contributed by atoms with Gasteiger partial charge in [-0.1, -0.05) is 23.7 Å². The van der Waals surface area contributed by atoms with Crippen LogP contribution in [0, 0.1) is 18.3 Å². The van der Waals surface area contributed by atoms with E-state index in [-0.39, 0.29) is 23.4 Å². The molecule has 2 aromatic carbocycles. The molecule has 33 heavy (non-hydrogen) atoms. The molecule has 0 saturated carbocycles. The van der Waals surface area contributed by atoms with Crippen LogP contribution in [-0.2, 0) is 16.6 Å². The van der Waals surface area contributed by atoms with Gasteiger partial charge in [-0.05, 0) is 49.4 Å². The van der Waals surface area contributed by atoms with Gasteiger partial charge < -0.3 is 5.32 Å². The highest BCUT2D eigenvalue weighted by atomic mass is 35.5. The Morgan fingerprint density at radius 2 is 2.00 bits per heavy atom. The molecule has 8 nitrogen and oxygen atoms in total. The first-order valence-electron chi connectivity index (χ1n) is 9.98. The van der Waals surface area contributed by atoms with E-state index in [1.165, 1.54) is 39.3 Å². The summed E-state index contributed by atoms with van der Waals surface area (Å²) in [6.45, 7) is 5.79. The van der Waals surface area contributed by atoms with Crippen LogP contribution in [0.3, 0.4) is 0 Å². The van der Waals surface area contributed by atoms with Gasteiger partial charge in [0.15, 0.2) is 0 Å². The van der Waals surface area contributed by atoms with Gasteiger partial charge in [0.25, 0.3) is 15.9 Å². The highest BCUT2D eigenvalue weighted by Crippen LogP contribution is 2.26. The van der Waals surface area contributed by atoms with Gasteiger partial charge in [0.05, 0.1) is 41.9 Å². The Morgan fingerprint density at radius 3 is 2.67 bits per heavy atom. The summed E-state index contributed by atoms with van der Waals surface area (Å²) in [5.74, 6) is -0.0672. The van der Waals surface area contributed by atoms with Crippen LogP contribution in [0.1, 0.15) is 22.5 Å². The number of carbonyl (C=O) groups is 1. The van der Waals surface area contributed by atoms with Gasteiger partial charge in [0.1, 0.15) is 5.82 Å². The molecule has 0 aliphatic heterocycles. The first kappa shape index (κ1) is 24.0. The van der Waals surface area contributed by atoms with Crippen LogP contribution < -0.4 is 9.62 Å². The molecule has 0 aliphatic rings. The van der Waals surface area contributed by atoms with Crippen LogP contribution in [0.15, 0.2) is 72.1 Å². The van der Waals surface area contributed by atoms with Crippen molar-refractivity contribution in [2.75, 3.05) is 16.2 Å². The van der Waals surface area contributed by atoms with Crippen LogP contribution in [0.4, 0.5) is 11.5 Å². The summed E-state index contributed by atoms with van der Waals surface area (Å²) in [6, 6.07) is 15.9. The van der Waals surface area contributed by atoms with Crippen LogP contribution in [0.2, 0.25) is 5.02 Å². The number of nitrogens with zero attached hydrogens (tertiary/aromatic N) is 4. The van der Waals surface area contributed by atoms with Crippen molar-refractivity contribution in [2.24, 2.45) is 0 Å². The molecule has 0 saturated heterocycles. The lowest BCUT2D eigenvalue weighted by atomic mass is 10.2. The number of anilines is 2. The maximum absolute atomic E-state index is 13.4. The summed E-state index contributed by atoms with van der Waals surface area (Å²) in [5, 5.41) is 16.3. The van der Waals surface area contributed by atoms with E-state index in [2.05, 4.69) is 17.0 Å². The summed E-state index contributed by atoms with van der Waals surface area (Å²) in [7, 11) is -3.99. The minimum absolute atomic E-state index is 0.0394. The van der Waals surface area contributed by atoms with Crippen molar-refractivity contribution in [2.45, 2.75) is 24.8 Å². The van der Waals surface area contributed by atoms with Gasteiger partial charge >= 0.3 is 0 Å². The van der Waals surface area contributed by atoms with Gasteiger partial charge in [0, 0.05) is 16.7 Å².